The van der Waals surface area contributed by atoms with Gasteiger partial charge < -0.3 is 9.52 Å². The molecule has 1 aliphatic carbocycles. The summed E-state index contributed by atoms with van der Waals surface area (Å²) in [5, 5.41) is 19.6. The molecule has 1 aliphatic heterocycles. The Morgan fingerprint density at radius 2 is 2.21 bits per heavy atom. The van der Waals surface area contributed by atoms with Crippen LogP contribution >= 0.6 is 11.3 Å². The Kier molecular flexibility index (Phi) is 4.38. The summed E-state index contributed by atoms with van der Waals surface area (Å²) < 4.78 is 5.44. The quantitative estimate of drug-likeness (QED) is 0.844. The van der Waals surface area contributed by atoms with E-state index in [1.54, 1.807) is 6.92 Å². The molecule has 0 amide bonds. The lowest BCUT2D eigenvalue weighted by atomic mass is 10.2. The van der Waals surface area contributed by atoms with Crippen molar-refractivity contribution >= 4 is 11.3 Å². The third kappa shape index (κ3) is 3.51. The van der Waals surface area contributed by atoms with E-state index in [9.17, 15) is 5.11 Å². The van der Waals surface area contributed by atoms with Gasteiger partial charge in [-0.05, 0) is 19.9 Å². The van der Waals surface area contributed by atoms with Gasteiger partial charge in [0, 0.05) is 49.6 Å². The van der Waals surface area contributed by atoms with Gasteiger partial charge in [-0.3, -0.25) is 9.80 Å². The topological polar surface area (TPSA) is 78.5 Å². The van der Waals surface area contributed by atoms with Gasteiger partial charge in [-0.25, -0.2) is 4.98 Å². The van der Waals surface area contributed by atoms with E-state index in [0.717, 1.165) is 13.1 Å². The third-order valence-electron chi connectivity index (χ3n) is 4.73. The van der Waals surface area contributed by atoms with E-state index < -0.39 is 0 Å². The van der Waals surface area contributed by atoms with Crippen LogP contribution in [0.5, 0.6) is 0 Å². The minimum absolute atomic E-state index is 0.0769. The normalized spacial score (nSPS) is 25.0. The van der Waals surface area contributed by atoms with Crippen molar-refractivity contribution in [2.45, 2.75) is 50.9 Å². The largest absolute Gasteiger partial charge is 0.424 e. The molecule has 1 saturated carbocycles. The van der Waals surface area contributed by atoms with Crippen LogP contribution in [0.4, 0.5) is 0 Å². The lowest BCUT2D eigenvalue weighted by molar-refractivity contribution is 0.0899. The molecule has 2 fully saturated rings. The molecular weight excluding hydrogens is 326 g/mol. The van der Waals surface area contributed by atoms with Crippen molar-refractivity contribution in [2.75, 3.05) is 20.1 Å². The monoisotopic (exact) mass is 349 g/mol. The molecule has 2 atom stereocenters. The van der Waals surface area contributed by atoms with E-state index in [-0.39, 0.29) is 12.1 Å². The highest BCUT2D eigenvalue weighted by Gasteiger charge is 2.35. The zero-order valence-electron chi connectivity index (χ0n) is 14.1. The number of β-amino-alcohol motifs (C(OH)–C–C–N with tert-alkyl or cyclic N) is 1. The van der Waals surface area contributed by atoms with Crippen LogP contribution < -0.4 is 0 Å². The first-order valence-corrected chi connectivity index (χ1v) is 9.24. The van der Waals surface area contributed by atoms with Gasteiger partial charge in [0.2, 0.25) is 11.8 Å². The molecule has 7 nitrogen and oxygen atoms in total. The van der Waals surface area contributed by atoms with Gasteiger partial charge in [-0.2, -0.15) is 0 Å². The van der Waals surface area contributed by atoms with Crippen LogP contribution in [0.15, 0.2) is 10.6 Å². The summed E-state index contributed by atoms with van der Waals surface area (Å²) in [5.74, 6) is 1.88. The van der Waals surface area contributed by atoms with Crippen molar-refractivity contribution in [1.29, 1.82) is 0 Å². The number of thiazole rings is 1. The van der Waals surface area contributed by atoms with Crippen molar-refractivity contribution in [1.82, 2.24) is 25.0 Å². The van der Waals surface area contributed by atoms with Crippen molar-refractivity contribution < 1.29 is 9.52 Å². The lowest BCUT2D eigenvalue weighted by Crippen LogP contribution is -2.40. The van der Waals surface area contributed by atoms with Crippen LogP contribution in [-0.2, 0) is 13.1 Å². The van der Waals surface area contributed by atoms with E-state index in [1.165, 1.54) is 22.7 Å². The molecule has 0 radical (unpaired) electrons. The molecule has 2 aromatic heterocycles. The predicted octanol–water partition coefficient (Wildman–Crippen LogP) is 1.39. The Hall–Kier alpha value is -1.35. The number of aliphatic hydroxyl groups excluding tert-OH is 1. The van der Waals surface area contributed by atoms with E-state index in [2.05, 4.69) is 25.0 Å². The summed E-state index contributed by atoms with van der Waals surface area (Å²) in [6.45, 7) is 4.73. The highest BCUT2D eigenvalue weighted by Crippen LogP contribution is 2.42. The van der Waals surface area contributed by atoms with Crippen LogP contribution in [0.3, 0.4) is 0 Å². The highest BCUT2D eigenvalue weighted by atomic mass is 32.1. The van der Waals surface area contributed by atoms with Gasteiger partial charge in [-0.1, -0.05) is 0 Å². The number of nitrogens with zero attached hydrogens (tertiary/aromatic N) is 5. The van der Waals surface area contributed by atoms with E-state index >= 15 is 0 Å². The highest BCUT2D eigenvalue weighted by molar-refractivity contribution is 7.11. The van der Waals surface area contributed by atoms with Gasteiger partial charge in [0.05, 0.1) is 17.7 Å². The molecule has 0 unspecified atom stereocenters. The van der Waals surface area contributed by atoms with Gasteiger partial charge in [0.1, 0.15) is 0 Å². The Labute approximate surface area is 145 Å². The van der Waals surface area contributed by atoms with E-state index in [1.807, 2.05) is 24.6 Å². The summed E-state index contributed by atoms with van der Waals surface area (Å²) in [6.07, 6.45) is 4.22. The fourth-order valence-corrected chi connectivity index (χ4v) is 4.41. The average Bonchev–Trinajstić information content (AvgIpc) is 2.97. The molecular formula is C16H23N5O2S. The molecule has 0 aromatic carbocycles. The van der Waals surface area contributed by atoms with Crippen LogP contribution in [0.25, 0.3) is 0 Å². The molecule has 4 rings (SSSR count). The van der Waals surface area contributed by atoms with Crippen LogP contribution in [0, 0.1) is 6.92 Å². The number of likely N-dealkylation sites (tertiary alicyclic amines) is 1. The fourth-order valence-electron chi connectivity index (χ4n) is 3.28. The van der Waals surface area contributed by atoms with Gasteiger partial charge in [0.15, 0.2) is 0 Å². The number of hydrogen-bond acceptors (Lipinski definition) is 8. The summed E-state index contributed by atoms with van der Waals surface area (Å²) >= 11 is 1.83. The maximum absolute atomic E-state index is 10.4. The maximum atomic E-state index is 10.4. The van der Waals surface area contributed by atoms with Crippen molar-refractivity contribution in [2.24, 2.45) is 0 Å². The number of hydrogen-bond donors (Lipinski definition) is 1. The molecule has 1 N–H and O–H groups in total. The van der Waals surface area contributed by atoms with E-state index in [4.69, 9.17) is 4.42 Å². The minimum Gasteiger partial charge on any atom is -0.424 e. The first kappa shape index (κ1) is 16.1. The first-order chi connectivity index (χ1) is 11.6. The van der Waals surface area contributed by atoms with Gasteiger partial charge >= 0.3 is 0 Å². The molecule has 8 heteroatoms. The Balaban J connectivity index is 1.34. The lowest BCUT2D eigenvalue weighted by Gasteiger charge is -2.25. The molecule has 130 valence electrons. The zero-order valence-corrected chi connectivity index (χ0v) is 14.9. The van der Waals surface area contributed by atoms with E-state index in [0.29, 0.717) is 30.8 Å². The van der Waals surface area contributed by atoms with Crippen molar-refractivity contribution in [3.8, 4) is 0 Å². The van der Waals surface area contributed by atoms with Crippen LogP contribution in [-0.4, -0.2) is 62.4 Å². The molecule has 3 heterocycles. The summed E-state index contributed by atoms with van der Waals surface area (Å²) in [6, 6.07) is 0.0769. The molecule has 2 aromatic rings. The summed E-state index contributed by atoms with van der Waals surface area (Å²) in [7, 11) is 1.99. The molecule has 1 saturated heterocycles. The smallest absolute Gasteiger partial charge is 0.230 e. The maximum Gasteiger partial charge on any atom is 0.230 e. The Bertz CT molecular complexity index is 698. The number of aliphatic hydroxyl groups is 1. The van der Waals surface area contributed by atoms with Crippen LogP contribution in [0.1, 0.15) is 40.4 Å². The predicted molar refractivity (Wildman–Crippen MR) is 89.7 cm³/mol. The molecule has 2 aliphatic rings. The SMILES string of the molecule is Cc1nnc(CN(C)[C@H]2CN(Cc3cnc(C4CC4)s3)C[C@H]2O)o1. The molecule has 0 spiro atoms. The number of rotatable bonds is 6. The first-order valence-electron chi connectivity index (χ1n) is 8.42. The summed E-state index contributed by atoms with van der Waals surface area (Å²) in [5.41, 5.74) is 0. The standard InChI is InChI=1S/C16H23N5O2S/c1-10-18-19-15(23-10)9-20(2)13-7-21(8-14(13)22)6-12-5-17-16(24-12)11-3-4-11/h5,11,13-14,22H,3-4,6-9H2,1-2H3/t13-,14+/m0/s1. The summed E-state index contributed by atoms with van der Waals surface area (Å²) in [4.78, 5) is 10.2. The number of aryl methyl sites for hydroxylation is 1. The molecule has 0 bridgehead atoms. The second-order valence-corrected chi connectivity index (χ2v) is 8.04. The molecule has 24 heavy (non-hydrogen) atoms. The fraction of sp³-hybridized carbons (Fsp3) is 0.688. The van der Waals surface area contributed by atoms with Crippen molar-refractivity contribution in [3.63, 3.8) is 0 Å². The number of aromatic nitrogens is 3. The van der Waals surface area contributed by atoms with Crippen LogP contribution in [0.2, 0.25) is 0 Å². The Morgan fingerprint density at radius 3 is 2.92 bits per heavy atom. The second kappa shape index (κ2) is 6.51. The van der Waals surface area contributed by atoms with Gasteiger partial charge in [0.25, 0.3) is 0 Å². The zero-order chi connectivity index (χ0) is 16.7. The number of likely N-dealkylation sites (N-methyl/N-ethyl adjacent to an activating group) is 1. The second-order valence-electron chi connectivity index (χ2n) is 6.90. The minimum atomic E-state index is -0.366. The van der Waals surface area contributed by atoms with Gasteiger partial charge in [-0.15, -0.1) is 21.5 Å². The third-order valence-corrected chi connectivity index (χ3v) is 5.88. The average molecular weight is 349 g/mol. The van der Waals surface area contributed by atoms with Crippen molar-refractivity contribution in [3.05, 3.63) is 27.9 Å². The Morgan fingerprint density at radius 1 is 1.38 bits per heavy atom.